The van der Waals surface area contributed by atoms with Crippen molar-refractivity contribution in [1.82, 2.24) is 15.5 Å². The van der Waals surface area contributed by atoms with Crippen molar-refractivity contribution in [2.45, 2.75) is 58.3 Å². The largest absolute Gasteiger partial charge is 0.381 e. The lowest BCUT2D eigenvalue weighted by Crippen LogP contribution is -2.46. The van der Waals surface area contributed by atoms with Crippen LogP contribution in [0.25, 0.3) is 0 Å². The van der Waals surface area contributed by atoms with E-state index >= 15 is 0 Å². The summed E-state index contributed by atoms with van der Waals surface area (Å²) in [5.41, 5.74) is 0.324. The Morgan fingerprint density at radius 1 is 1.03 bits per heavy atom. The molecule has 2 saturated heterocycles. The zero-order valence-electron chi connectivity index (χ0n) is 19.8. The summed E-state index contributed by atoms with van der Waals surface area (Å²) < 4.78 is 16.9. The topological polar surface area (TPSA) is 67.4 Å². The Labute approximate surface area is 189 Å². The zero-order chi connectivity index (χ0) is 21.6. The maximum Gasteiger partial charge on any atom is 0.191 e. The standard InChI is InChI=1S/C24H46N4O3/c1-2-25-23(26-11-6-14-31-19-22-7-15-29-16-8-22)27-20-24(9-4-3-5-10-24)21-28-12-17-30-18-13-28/h22H,2-21H2,1H3,(H2,25,26,27). The van der Waals surface area contributed by atoms with Crippen molar-refractivity contribution in [2.75, 3.05) is 78.9 Å². The first kappa shape index (κ1) is 24.7. The molecule has 1 aliphatic carbocycles. The molecule has 0 aromatic heterocycles. The first-order valence-electron chi connectivity index (χ1n) is 12.8. The van der Waals surface area contributed by atoms with Crippen molar-refractivity contribution < 1.29 is 14.2 Å². The highest BCUT2D eigenvalue weighted by atomic mass is 16.5. The quantitative estimate of drug-likeness (QED) is 0.294. The van der Waals surface area contributed by atoms with E-state index in [9.17, 15) is 0 Å². The maximum absolute atomic E-state index is 5.90. The Morgan fingerprint density at radius 3 is 2.52 bits per heavy atom. The molecular weight excluding hydrogens is 392 g/mol. The Bertz CT molecular complexity index is 499. The molecule has 31 heavy (non-hydrogen) atoms. The van der Waals surface area contributed by atoms with E-state index in [1.165, 1.54) is 38.6 Å². The molecule has 0 amide bonds. The average molecular weight is 439 g/mol. The van der Waals surface area contributed by atoms with Gasteiger partial charge in [-0.05, 0) is 44.9 Å². The van der Waals surface area contributed by atoms with Crippen LogP contribution in [-0.2, 0) is 14.2 Å². The van der Waals surface area contributed by atoms with Gasteiger partial charge in [0.05, 0.1) is 13.2 Å². The normalized spacial score (nSPS) is 23.6. The van der Waals surface area contributed by atoms with Gasteiger partial charge in [0.1, 0.15) is 0 Å². The maximum atomic E-state index is 5.90. The van der Waals surface area contributed by atoms with Gasteiger partial charge in [-0.2, -0.15) is 0 Å². The minimum atomic E-state index is 0.324. The second-order valence-electron chi connectivity index (χ2n) is 9.56. The molecule has 0 atom stereocenters. The number of hydrogen-bond acceptors (Lipinski definition) is 5. The van der Waals surface area contributed by atoms with Gasteiger partial charge in [0.2, 0.25) is 0 Å². The average Bonchev–Trinajstić information content (AvgIpc) is 2.81. The summed E-state index contributed by atoms with van der Waals surface area (Å²) in [6.07, 6.45) is 9.94. The molecule has 3 aliphatic rings. The first-order valence-corrected chi connectivity index (χ1v) is 12.8. The number of guanidine groups is 1. The number of nitrogens with zero attached hydrogens (tertiary/aromatic N) is 2. The number of ether oxygens (including phenoxy) is 3. The third-order valence-corrected chi connectivity index (χ3v) is 6.95. The summed E-state index contributed by atoms with van der Waals surface area (Å²) in [4.78, 5) is 7.65. The van der Waals surface area contributed by atoms with Gasteiger partial charge >= 0.3 is 0 Å². The minimum absolute atomic E-state index is 0.324. The smallest absolute Gasteiger partial charge is 0.191 e. The van der Waals surface area contributed by atoms with Crippen molar-refractivity contribution in [3.8, 4) is 0 Å². The van der Waals surface area contributed by atoms with Crippen molar-refractivity contribution in [3.63, 3.8) is 0 Å². The predicted molar refractivity (Wildman–Crippen MR) is 126 cm³/mol. The van der Waals surface area contributed by atoms with Gasteiger partial charge in [-0.15, -0.1) is 0 Å². The third-order valence-electron chi connectivity index (χ3n) is 6.95. The molecule has 0 aromatic carbocycles. The fourth-order valence-corrected chi connectivity index (χ4v) is 5.03. The van der Waals surface area contributed by atoms with E-state index in [1.807, 2.05) is 0 Å². The number of nitrogens with one attached hydrogen (secondary N) is 2. The van der Waals surface area contributed by atoms with Gasteiger partial charge in [-0.1, -0.05) is 19.3 Å². The SMILES string of the molecule is CCNC(=NCC1(CN2CCOCC2)CCCCC1)NCCCOCC1CCOCC1. The van der Waals surface area contributed by atoms with Crippen LogP contribution >= 0.6 is 0 Å². The van der Waals surface area contributed by atoms with Gasteiger partial charge in [-0.25, -0.2) is 0 Å². The van der Waals surface area contributed by atoms with Gasteiger partial charge in [0, 0.05) is 71.1 Å². The molecule has 3 fully saturated rings. The van der Waals surface area contributed by atoms with Crippen LogP contribution in [0.15, 0.2) is 4.99 Å². The number of morpholine rings is 1. The minimum Gasteiger partial charge on any atom is -0.381 e. The van der Waals surface area contributed by atoms with E-state index in [0.29, 0.717) is 11.3 Å². The molecule has 2 aliphatic heterocycles. The Morgan fingerprint density at radius 2 is 1.77 bits per heavy atom. The summed E-state index contributed by atoms with van der Waals surface area (Å²) in [7, 11) is 0. The van der Waals surface area contributed by atoms with Gasteiger partial charge in [0.25, 0.3) is 0 Å². The monoisotopic (exact) mass is 438 g/mol. The summed E-state index contributed by atoms with van der Waals surface area (Å²) >= 11 is 0. The van der Waals surface area contributed by atoms with Crippen molar-refractivity contribution in [1.29, 1.82) is 0 Å². The number of rotatable bonds is 11. The van der Waals surface area contributed by atoms with E-state index in [0.717, 1.165) is 97.6 Å². The molecule has 1 saturated carbocycles. The summed E-state index contributed by atoms with van der Waals surface area (Å²) in [6.45, 7) is 13.4. The lowest BCUT2D eigenvalue weighted by molar-refractivity contribution is 0.00937. The fourth-order valence-electron chi connectivity index (χ4n) is 5.03. The molecule has 0 aromatic rings. The Hall–Kier alpha value is -0.890. The Balaban J connectivity index is 1.40. The van der Waals surface area contributed by atoms with Crippen LogP contribution < -0.4 is 10.6 Å². The van der Waals surface area contributed by atoms with E-state index in [2.05, 4.69) is 22.5 Å². The van der Waals surface area contributed by atoms with Crippen molar-refractivity contribution in [3.05, 3.63) is 0 Å². The molecule has 2 heterocycles. The van der Waals surface area contributed by atoms with E-state index in [4.69, 9.17) is 19.2 Å². The number of aliphatic imine (C=N–C) groups is 1. The first-order chi connectivity index (χ1) is 15.3. The van der Waals surface area contributed by atoms with Crippen LogP contribution in [0.4, 0.5) is 0 Å². The summed E-state index contributed by atoms with van der Waals surface area (Å²) in [5, 5.41) is 6.96. The van der Waals surface area contributed by atoms with Crippen LogP contribution in [0.3, 0.4) is 0 Å². The highest BCUT2D eigenvalue weighted by molar-refractivity contribution is 5.79. The molecule has 0 radical (unpaired) electrons. The molecule has 0 unspecified atom stereocenters. The molecule has 2 N–H and O–H groups in total. The van der Waals surface area contributed by atoms with Gasteiger partial charge < -0.3 is 24.8 Å². The van der Waals surface area contributed by atoms with Crippen LogP contribution in [0.5, 0.6) is 0 Å². The molecule has 7 nitrogen and oxygen atoms in total. The molecule has 0 bridgehead atoms. The molecular formula is C24H46N4O3. The molecule has 7 heteroatoms. The zero-order valence-corrected chi connectivity index (χ0v) is 19.8. The van der Waals surface area contributed by atoms with E-state index in [1.54, 1.807) is 0 Å². The fraction of sp³-hybridized carbons (Fsp3) is 0.958. The lowest BCUT2D eigenvalue weighted by Gasteiger charge is -2.41. The second kappa shape index (κ2) is 14.3. The predicted octanol–water partition coefficient (Wildman–Crippen LogP) is 2.66. The lowest BCUT2D eigenvalue weighted by atomic mass is 9.73. The van der Waals surface area contributed by atoms with Crippen LogP contribution in [0, 0.1) is 11.3 Å². The highest BCUT2D eigenvalue weighted by Gasteiger charge is 2.34. The molecule has 3 rings (SSSR count). The van der Waals surface area contributed by atoms with E-state index in [-0.39, 0.29) is 0 Å². The summed E-state index contributed by atoms with van der Waals surface area (Å²) in [5.74, 6) is 1.64. The van der Waals surface area contributed by atoms with Gasteiger partial charge in [-0.3, -0.25) is 9.89 Å². The third kappa shape index (κ3) is 9.24. The number of hydrogen-bond donors (Lipinski definition) is 2. The van der Waals surface area contributed by atoms with Crippen molar-refractivity contribution >= 4 is 5.96 Å². The van der Waals surface area contributed by atoms with Crippen LogP contribution in [0.1, 0.15) is 58.3 Å². The van der Waals surface area contributed by atoms with Crippen LogP contribution in [0.2, 0.25) is 0 Å². The van der Waals surface area contributed by atoms with Gasteiger partial charge in [0.15, 0.2) is 5.96 Å². The van der Waals surface area contributed by atoms with Crippen LogP contribution in [-0.4, -0.2) is 89.8 Å². The Kier molecular flexibility index (Phi) is 11.4. The van der Waals surface area contributed by atoms with Crippen molar-refractivity contribution in [2.24, 2.45) is 16.3 Å². The molecule has 180 valence electrons. The summed E-state index contributed by atoms with van der Waals surface area (Å²) in [6, 6.07) is 0. The highest BCUT2D eigenvalue weighted by Crippen LogP contribution is 2.37. The van der Waals surface area contributed by atoms with E-state index < -0.39 is 0 Å². The molecule has 0 spiro atoms. The second-order valence-corrected chi connectivity index (χ2v) is 9.56.